The first-order chi connectivity index (χ1) is 24.6. The largest absolute Gasteiger partial charge is 0.481 e. The first kappa shape index (κ1) is 34.6. The van der Waals surface area contributed by atoms with Crippen LogP contribution < -0.4 is 20.9 Å². The lowest BCUT2D eigenvalue weighted by Crippen LogP contribution is -2.50. The number of nitrogens with one attached hydrogen (secondary N) is 2. The predicted molar refractivity (Wildman–Crippen MR) is 196 cm³/mol. The minimum Gasteiger partial charge on any atom is -0.481 e. The number of likely N-dealkylation sites (tertiary alicyclic amines) is 1. The van der Waals surface area contributed by atoms with Crippen molar-refractivity contribution in [2.24, 2.45) is 5.92 Å². The van der Waals surface area contributed by atoms with E-state index >= 15 is 0 Å². The van der Waals surface area contributed by atoms with Gasteiger partial charge in [-0.25, -0.2) is 9.97 Å². The van der Waals surface area contributed by atoms with Gasteiger partial charge < -0.3 is 20.5 Å². The van der Waals surface area contributed by atoms with Crippen molar-refractivity contribution in [3.8, 4) is 39.4 Å². The lowest BCUT2D eigenvalue weighted by Gasteiger charge is -2.36. The van der Waals surface area contributed by atoms with E-state index in [9.17, 15) is 19.5 Å². The summed E-state index contributed by atoms with van der Waals surface area (Å²) in [6.07, 6.45) is 3.08. The van der Waals surface area contributed by atoms with Gasteiger partial charge in [0, 0.05) is 84.9 Å². The molecule has 3 N–H and O–H groups in total. The number of rotatable bonds is 11. The molecular weight excluding hydrogens is 691 g/mol. The Morgan fingerprint density at radius 1 is 1.00 bits per heavy atom. The molecule has 5 heterocycles. The standard InChI is InChI=1S/C38H36Cl2N6O5/c1-21-30(20-45-18-24(19-45)38(49)50)37(48)46-14-13-22(15-32(46)42-21)26-5-3-6-27(34(26)39)28-7-4-8-29(35(28)40)31-11-9-23(36(44-31)51-2)16-41-17-25-10-12-33(47)43-25/h3-9,11,13-15,24-25,41H,10,12,16-20H2,1-2H3,(H,43,47)(H,49,50)/t25-/m1/s1. The third kappa shape index (κ3) is 6.94. The summed E-state index contributed by atoms with van der Waals surface area (Å²) in [7, 11) is 1.58. The van der Waals surface area contributed by atoms with E-state index in [2.05, 4.69) is 10.6 Å². The molecule has 51 heavy (non-hydrogen) atoms. The van der Waals surface area contributed by atoms with Crippen LogP contribution in [0.1, 0.15) is 29.7 Å². The zero-order valence-corrected chi connectivity index (χ0v) is 29.6. The van der Waals surface area contributed by atoms with Gasteiger partial charge in [-0.15, -0.1) is 0 Å². The van der Waals surface area contributed by atoms with Gasteiger partial charge >= 0.3 is 5.97 Å². The van der Waals surface area contributed by atoms with Gasteiger partial charge in [0.15, 0.2) is 0 Å². The molecule has 0 unspecified atom stereocenters. The van der Waals surface area contributed by atoms with Gasteiger partial charge in [-0.3, -0.25) is 23.7 Å². The molecule has 1 atom stereocenters. The summed E-state index contributed by atoms with van der Waals surface area (Å²) >= 11 is 14.2. The molecule has 0 spiro atoms. The van der Waals surface area contributed by atoms with E-state index in [0.29, 0.717) is 77.7 Å². The maximum absolute atomic E-state index is 13.5. The number of carbonyl (C=O) groups is 2. The highest BCUT2D eigenvalue weighted by atomic mass is 35.5. The van der Waals surface area contributed by atoms with Crippen LogP contribution in [0.3, 0.4) is 0 Å². The second-order valence-electron chi connectivity index (χ2n) is 13.0. The molecular formula is C38H36Cl2N6O5. The van der Waals surface area contributed by atoms with Crippen LogP contribution in [-0.2, 0) is 22.7 Å². The number of pyridine rings is 2. The number of halogens is 2. The van der Waals surface area contributed by atoms with Gasteiger partial charge in [-0.1, -0.05) is 65.7 Å². The van der Waals surface area contributed by atoms with Crippen molar-refractivity contribution < 1.29 is 19.4 Å². The van der Waals surface area contributed by atoms with Crippen LogP contribution in [0, 0.1) is 12.8 Å². The first-order valence-electron chi connectivity index (χ1n) is 16.7. The van der Waals surface area contributed by atoms with Crippen molar-refractivity contribution in [3.63, 3.8) is 0 Å². The predicted octanol–water partition coefficient (Wildman–Crippen LogP) is 5.60. The molecule has 0 bridgehead atoms. The van der Waals surface area contributed by atoms with Gasteiger partial charge in [0.05, 0.1) is 34.3 Å². The quantitative estimate of drug-likeness (QED) is 0.159. The number of carbonyl (C=O) groups excluding carboxylic acids is 1. The van der Waals surface area contributed by atoms with Crippen molar-refractivity contribution in [2.45, 2.75) is 38.9 Å². The Bertz CT molecular complexity index is 2240. The number of benzene rings is 2. The molecule has 13 heteroatoms. The summed E-state index contributed by atoms with van der Waals surface area (Å²) in [6, 6.07) is 19.1. The average molecular weight is 728 g/mol. The minimum absolute atomic E-state index is 0.0878. The highest BCUT2D eigenvalue weighted by Gasteiger charge is 2.33. The fraction of sp³-hybridized carbons (Fsp3) is 0.289. The van der Waals surface area contributed by atoms with Crippen LogP contribution in [0.4, 0.5) is 0 Å². The molecule has 262 valence electrons. The summed E-state index contributed by atoms with van der Waals surface area (Å²) in [4.78, 5) is 47.6. The second-order valence-corrected chi connectivity index (χ2v) is 13.7. The molecule has 0 aliphatic carbocycles. The summed E-state index contributed by atoms with van der Waals surface area (Å²) < 4.78 is 7.15. The number of hydrogen-bond acceptors (Lipinski definition) is 8. The molecule has 2 aromatic carbocycles. The zero-order chi connectivity index (χ0) is 35.8. The van der Waals surface area contributed by atoms with Crippen molar-refractivity contribution in [1.29, 1.82) is 0 Å². The van der Waals surface area contributed by atoms with Crippen molar-refractivity contribution in [2.75, 3.05) is 26.7 Å². The summed E-state index contributed by atoms with van der Waals surface area (Å²) in [5.74, 6) is -0.648. The molecule has 2 saturated heterocycles. The van der Waals surface area contributed by atoms with E-state index in [1.807, 2.05) is 65.6 Å². The highest BCUT2D eigenvalue weighted by Crippen LogP contribution is 2.42. The highest BCUT2D eigenvalue weighted by molar-refractivity contribution is 6.39. The number of nitrogens with zero attached hydrogens (tertiary/aromatic N) is 4. The Kier molecular flexibility index (Phi) is 9.80. The number of ether oxygens (including phenoxy) is 1. The number of amides is 1. The van der Waals surface area contributed by atoms with Gasteiger partial charge in [-0.05, 0) is 37.1 Å². The molecule has 5 aromatic rings. The maximum atomic E-state index is 13.5. The lowest BCUT2D eigenvalue weighted by atomic mass is 9.97. The van der Waals surface area contributed by atoms with Gasteiger partial charge in [-0.2, -0.15) is 0 Å². The zero-order valence-electron chi connectivity index (χ0n) is 28.1. The van der Waals surface area contributed by atoms with E-state index in [1.54, 1.807) is 20.2 Å². The number of aromatic nitrogens is 3. The van der Waals surface area contributed by atoms with Crippen LogP contribution in [0.2, 0.25) is 10.0 Å². The van der Waals surface area contributed by atoms with E-state index in [4.69, 9.17) is 37.9 Å². The SMILES string of the molecule is COc1nc(-c2cccc(-c3cccc(-c4ccn5c(=O)c(CN6CC(C(=O)O)C6)c(C)nc5c4)c3Cl)c2Cl)ccc1CNC[C@H]1CCC(=O)N1. The lowest BCUT2D eigenvalue weighted by molar-refractivity contribution is -0.147. The van der Waals surface area contributed by atoms with Crippen molar-refractivity contribution >= 4 is 40.7 Å². The minimum atomic E-state index is -0.817. The molecule has 2 aliphatic heterocycles. The van der Waals surface area contributed by atoms with Gasteiger partial charge in [0.25, 0.3) is 5.56 Å². The van der Waals surface area contributed by atoms with Crippen molar-refractivity contribution in [1.82, 2.24) is 29.9 Å². The monoisotopic (exact) mass is 726 g/mol. The Labute approximate surface area is 304 Å². The molecule has 1 amide bonds. The average Bonchev–Trinajstić information content (AvgIpc) is 3.52. The molecule has 3 aromatic heterocycles. The van der Waals surface area contributed by atoms with E-state index in [0.717, 1.165) is 39.8 Å². The third-order valence-corrected chi connectivity index (χ3v) is 10.4. The number of methoxy groups -OCH3 is 1. The molecule has 0 saturated carbocycles. The number of carboxylic acids is 1. The number of carboxylic acid groups (broad SMARTS) is 1. The van der Waals surface area contributed by atoms with E-state index < -0.39 is 11.9 Å². The Hall–Kier alpha value is -4.81. The van der Waals surface area contributed by atoms with Crippen LogP contribution in [0.25, 0.3) is 39.2 Å². The Morgan fingerprint density at radius 3 is 2.39 bits per heavy atom. The van der Waals surface area contributed by atoms with Gasteiger partial charge in [0.2, 0.25) is 11.8 Å². The van der Waals surface area contributed by atoms with E-state index in [-0.39, 0.29) is 17.5 Å². The molecule has 7 rings (SSSR count). The van der Waals surface area contributed by atoms with Crippen LogP contribution in [0.5, 0.6) is 5.88 Å². The normalized spacial score (nSPS) is 16.3. The topological polar surface area (TPSA) is 138 Å². The number of aryl methyl sites for hydroxylation is 1. The van der Waals surface area contributed by atoms with Crippen molar-refractivity contribution in [3.05, 3.63) is 104 Å². The van der Waals surface area contributed by atoms with Gasteiger partial charge in [0.1, 0.15) is 5.65 Å². The van der Waals surface area contributed by atoms with Crippen LogP contribution in [0.15, 0.2) is 71.7 Å². The van der Waals surface area contributed by atoms with E-state index in [1.165, 1.54) is 4.40 Å². The number of hydrogen-bond donors (Lipinski definition) is 3. The summed E-state index contributed by atoms with van der Waals surface area (Å²) in [6.45, 7) is 4.18. The third-order valence-electron chi connectivity index (χ3n) is 9.62. The molecule has 2 aliphatic rings. The number of aliphatic carboxylic acids is 1. The van der Waals surface area contributed by atoms with Crippen LogP contribution >= 0.6 is 23.2 Å². The maximum Gasteiger partial charge on any atom is 0.309 e. The number of fused-ring (bicyclic) bond motifs is 1. The smallest absolute Gasteiger partial charge is 0.309 e. The summed E-state index contributed by atoms with van der Waals surface area (Å²) in [5.41, 5.74) is 6.72. The molecule has 11 nitrogen and oxygen atoms in total. The van der Waals surface area contributed by atoms with Crippen LogP contribution in [-0.4, -0.2) is 69.0 Å². The first-order valence-corrected chi connectivity index (χ1v) is 17.5. The second kappa shape index (κ2) is 14.4. The Morgan fingerprint density at radius 2 is 1.71 bits per heavy atom. The molecule has 2 fully saturated rings. The Balaban J connectivity index is 1.14. The fourth-order valence-corrected chi connectivity index (χ4v) is 7.42. The molecule has 0 radical (unpaired) electrons. The summed E-state index contributed by atoms with van der Waals surface area (Å²) in [5, 5.41) is 16.5. The fourth-order valence-electron chi connectivity index (χ4n) is 6.76.